The van der Waals surface area contributed by atoms with Crippen LogP contribution in [-0.2, 0) is 9.59 Å². The summed E-state index contributed by atoms with van der Waals surface area (Å²) in [5, 5.41) is 0. The van der Waals surface area contributed by atoms with Crippen LogP contribution in [0.1, 0.15) is 12.8 Å². The standard InChI is InChI=1S/C11H20O2Si2/c1-14(2)11(15(3,4)5)10-8(12)6-7-9(10)13/h14H,6-7H2,1-5H3. The highest BCUT2D eigenvalue weighted by Gasteiger charge is 2.35. The molecule has 0 N–H and O–H groups in total. The van der Waals surface area contributed by atoms with Crippen LogP contribution < -0.4 is 0 Å². The van der Waals surface area contributed by atoms with E-state index in [1.165, 1.54) is 4.82 Å². The monoisotopic (exact) mass is 240 g/mol. The molecule has 0 heterocycles. The van der Waals surface area contributed by atoms with Crippen molar-refractivity contribution in [1.29, 1.82) is 0 Å². The molecule has 0 atom stereocenters. The van der Waals surface area contributed by atoms with Crippen LogP contribution >= 0.6 is 0 Å². The van der Waals surface area contributed by atoms with E-state index in [2.05, 4.69) is 32.7 Å². The van der Waals surface area contributed by atoms with Crippen molar-refractivity contribution >= 4 is 28.4 Å². The smallest absolute Gasteiger partial charge is 0.166 e. The summed E-state index contributed by atoms with van der Waals surface area (Å²) in [5.41, 5.74) is 0.621. The van der Waals surface area contributed by atoms with Gasteiger partial charge in [0.15, 0.2) is 11.6 Å². The highest BCUT2D eigenvalue weighted by Crippen LogP contribution is 2.28. The average Bonchev–Trinajstić information content (AvgIpc) is 2.32. The van der Waals surface area contributed by atoms with Gasteiger partial charge in [0.1, 0.15) is 0 Å². The van der Waals surface area contributed by atoms with Crippen LogP contribution in [0.5, 0.6) is 0 Å². The quantitative estimate of drug-likeness (QED) is 0.421. The molecule has 0 aromatic rings. The Morgan fingerprint density at radius 1 is 1.07 bits per heavy atom. The SMILES string of the molecule is C[SiH](C)C(=C1C(=O)CCC1=O)[Si](C)(C)C. The normalized spacial score (nSPS) is 17.9. The van der Waals surface area contributed by atoms with Crippen molar-refractivity contribution in [3.8, 4) is 0 Å². The van der Waals surface area contributed by atoms with Gasteiger partial charge in [-0.15, -0.1) is 0 Å². The first kappa shape index (κ1) is 12.6. The fourth-order valence-electron chi connectivity index (χ4n) is 2.46. The molecule has 1 aliphatic carbocycles. The molecule has 4 heteroatoms. The number of hydrogen-bond donors (Lipinski definition) is 0. The molecule has 0 aromatic carbocycles. The van der Waals surface area contributed by atoms with Crippen molar-refractivity contribution in [1.82, 2.24) is 0 Å². The number of carbonyl (C=O) groups is 2. The van der Waals surface area contributed by atoms with E-state index < -0.39 is 16.9 Å². The summed E-state index contributed by atoms with van der Waals surface area (Å²) in [6.07, 6.45) is 0.895. The van der Waals surface area contributed by atoms with E-state index in [4.69, 9.17) is 0 Å². The van der Waals surface area contributed by atoms with E-state index in [-0.39, 0.29) is 11.6 Å². The topological polar surface area (TPSA) is 34.1 Å². The molecule has 0 amide bonds. The Morgan fingerprint density at radius 2 is 1.47 bits per heavy atom. The molecule has 0 spiro atoms. The van der Waals surface area contributed by atoms with Gasteiger partial charge in [0.25, 0.3) is 0 Å². The summed E-state index contributed by atoms with van der Waals surface area (Å²) in [6.45, 7) is 11.2. The van der Waals surface area contributed by atoms with Crippen molar-refractivity contribution in [3.05, 3.63) is 10.4 Å². The lowest BCUT2D eigenvalue weighted by atomic mass is 10.2. The van der Waals surface area contributed by atoms with Crippen LogP contribution in [0.25, 0.3) is 0 Å². The van der Waals surface area contributed by atoms with Gasteiger partial charge in [0.05, 0.1) is 22.4 Å². The number of hydrogen-bond acceptors (Lipinski definition) is 2. The van der Waals surface area contributed by atoms with Crippen LogP contribution in [0.4, 0.5) is 0 Å². The lowest BCUT2D eigenvalue weighted by molar-refractivity contribution is -0.116. The van der Waals surface area contributed by atoms with Crippen LogP contribution in [0.3, 0.4) is 0 Å². The van der Waals surface area contributed by atoms with E-state index in [1.807, 2.05) is 0 Å². The zero-order valence-electron chi connectivity index (χ0n) is 10.3. The first-order valence-electron chi connectivity index (χ1n) is 5.56. The van der Waals surface area contributed by atoms with Gasteiger partial charge in [-0.25, -0.2) is 0 Å². The van der Waals surface area contributed by atoms with Crippen molar-refractivity contribution in [2.75, 3.05) is 0 Å². The molecule has 2 nitrogen and oxygen atoms in total. The molecule has 0 aromatic heterocycles. The second-order valence-electron chi connectivity index (χ2n) is 5.54. The molecule has 0 unspecified atom stereocenters. The van der Waals surface area contributed by atoms with Gasteiger partial charge in [-0.3, -0.25) is 9.59 Å². The average molecular weight is 240 g/mol. The summed E-state index contributed by atoms with van der Waals surface area (Å²) in [7, 11) is -2.54. The molecular formula is C11H20O2Si2. The lowest BCUT2D eigenvalue weighted by Gasteiger charge is -2.25. The molecule has 1 fully saturated rings. The Balaban J connectivity index is 3.34. The fourth-order valence-corrected chi connectivity index (χ4v) is 11.3. The summed E-state index contributed by atoms with van der Waals surface area (Å²) in [4.78, 5) is 24.8. The summed E-state index contributed by atoms with van der Waals surface area (Å²) < 4.78 is 0. The predicted octanol–water partition coefficient (Wildman–Crippen LogP) is 2.12. The van der Waals surface area contributed by atoms with Crippen LogP contribution in [0.2, 0.25) is 32.7 Å². The maximum absolute atomic E-state index is 11.7. The number of allylic oxidation sites excluding steroid dienone is 1. The predicted molar refractivity (Wildman–Crippen MR) is 68.5 cm³/mol. The van der Waals surface area contributed by atoms with Gasteiger partial charge >= 0.3 is 0 Å². The third kappa shape index (κ3) is 2.55. The molecule has 0 bridgehead atoms. The van der Waals surface area contributed by atoms with Crippen LogP contribution in [0, 0.1) is 0 Å². The van der Waals surface area contributed by atoms with Gasteiger partial charge < -0.3 is 0 Å². The Labute approximate surface area is 94.4 Å². The first-order valence-corrected chi connectivity index (χ1v) is 11.9. The second kappa shape index (κ2) is 4.17. The third-order valence-corrected chi connectivity index (χ3v) is 10.4. The van der Waals surface area contributed by atoms with Crippen molar-refractivity contribution in [2.24, 2.45) is 0 Å². The minimum absolute atomic E-state index is 0.110. The van der Waals surface area contributed by atoms with E-state index in [1.54, 1.807) is 0 Å². The number of Topliss-reactive ketones (excluding diaryl/α,β-unsaturated/α-hetero) is 2. The lowest BCUT2D eigenvalue weighted by Crippen LogP contribution is -2.35. The molecule has 1 aliphatic rings. The van der Waals surface area contributed by atoms with Gasteiger partial charge in [-0.1, -0.05) is 37.6 Å². The Kier molecular flexibility index (Phi) is 3.50. The maximum atomic E-state index is 11.7. The van der Waals surface area contributed by atoms with Crippen LogP contribution in [-0.4, -0.2) is 28.4 Å². The Morgan fingerprint density at radius 3 is 1.73 bits per heavy atom. The van der Waals surface area contributed by atoms with Gasteiger partial charge in [0.2, 0.25) is 0 Å². The first-order chi connectivity index (χ1) is 6.75. The van der Waals surface area contributed by atoms with E-state index in [9.17, 15) is 9.59 Å². The Hall–Kier alpha value is -0.486. The molecule has 0 radical (unpaired) electrons. The highest BCUT2D eigenvalue weighted by molar-refractivity contribution is 6.98. The van der Waals surface area contributed by atoms with Crippen molar-refractivity contribution in [3.63, 3.8) is 0 Å². The van der Waals surface area contributed by atoms with E-state index in [0.29, 0.717) is 18.4 Å². The maximum Gasteiger partial charge on any atom is 0.166 e. The van der Waals surface area contributed by atoms with E-state index >= 15 is 0 Å². The number of ketones is 2. The second-order valence-corrected chi connectivity index (χ2v) is 14.0. The molecule has 0 saturated heterocycles. The van der Waals surface area contributed by atoms with Gasteiger partial charge in [-0.2, -0.15) is 0 Å². The summed E-state index contributed by atoms with van der Waals surface area (Å²) in [6, 6.07) is 0. The van der Waals surface area contributed by atoms with E-state index in [0.717, 1.165) is 0 Å². The van der Waals surface area contributed by atoms with Crippen molar-refractivity contribution < 1.29 is 9.59 Å². The molecule has 1 rings (SSSR count). The third-order valence-electron chi connectivity index (χ3n) is 2.79. The molecule has 15 heavy (non-hydrogen) atoms. The molecule has 1 saturated carbocycles. The fraction of sp³-hybridized carbons (Fsp3) is 0.636. The molecular weight excluding hydrogens is 220 g/mol. The molecule has 84 valence electrons. The molecule has 0 aliphatic heterocycles. The number of rotatable bonds is 2. The zero-order valence-corrected chi connectivity index (χ0v) is 12.5. The highest BCUT2D eigenvalue weighted by atomic mass is 28.4. The number of carbonyl (C=O) groups excluding carboxylic acids is 2. The largest absolute Gasteiger partial charge is 0.294 e. The van der Waals surface area contributed by atoms with Crippen molar-refractivity contribution in [2.45, 2.75) is 45.6 Å². The summed E-state index contributed by atoms with van der Waals surface area (Å²) >= 11 is 0. The van der Waals surface area contributed by atoms with Gasteiger partial charge in [-0.05, 0) is 0 Å². The Bertz CT molecular complexity index is 317. The van der Waals surface area contributed by atoms with Crippen LogP contribution in [0.15, 0.2) is 10.4 Å². The minimum atomic E-state index is -1.50. The van der Waals surface area contributed by atoms with Gasteiger partial charge in [0, 0.05) is 12.8 Å². The zero-order chi connectivity index (χ0) is 11.8. The minimum Gasteiger partial charge on any atom is -0.294 e. The summed E-state index contributed by atoms with van der Waals surface area (Å²) in [5.74, 6) is 0.220.